The first-order valence-electron chi connectivity index (χ1n) is 6.40. The molecule has 0 aliphatic rings. The Balaban J connectivity index is 2.09. The summed E-state index contributed by atoms with van der Waals surface area (Å²) in [7, 11) is -3.66. The number of sulfonamides is 1. The number of benzene rings is 2. The van der Waals surface area contributed by atoms with E-state index in [1.807, 2.05) is 31.2 Å². The molecule has 0 spiro atoms. The van der Waals surface area contributed by atoms with Crippen LogP contribution in [0, 0.1) is 6.92 Å². The molecule has 0 heterocycles. The Morgan fingerprint density at radius 3 is 2.48 bits per heavy atom. The van der Waals surface area contributed by atoms with Gasteiger partial charge in [-0.05, 0) is 36.6 Å². The third-order valence-corrected chi connectivity index (χ3v) is 5.59. The molecule has 0 saturated carbocycles. The highest BCUT2D eigenvalue weighted by molar-refractivity contribution is 7.89. The first kappa shape index (κ1) is 16.3. The van der Waals surface area contributed by atoms with Crippen LogP contribution in [0.4, 0.5) is 0 Å². The Labute approximate surface area is 135 Å². The molecule has 2 aromatic rings. The van der Waals surface area contributed by atoms with Gasteiger partial charge in [0.15, 0.2) is 0 Å². The van der Waals surface area contributed by atoms with Crippen molar-refractivity contribution in [3.63, 3.8) is 0 Å². The van der Waals surface area contributed by atoms with E-state index in [0.717, 1.165) is 11.1 Å². The van der Waals surface area contributed by atoms with E-state index in [9.17, 15) is 8.42 Å². The van der Waals surface area contributed by atoms with E-state index >= 15 is 0 Å². The van der Waals surface area contributed by atoms with Crippen LogP contribution >= 0.6 is 23.2 Å². The van der Waals surface area contributed by atoms with E-state index in [1.54, 1.807) is 12.1 Å². The average molecular weight is 344 g/mol. The topological polar surface area (TPSA) is 46.2 Å². The number of hydrogen-bond acceptors (Lipinski definition) is 2. The number of aryl methyl sites for hydroxylation is 1. The minimum Gasteiger partial charge on any atom is -0.211 e. The highest BCUT2D eigenvalue weighted by Gasteiger charge is 2.18. The Bertz CT molecular complexity index is 745. The second-order valence-electron chi connectivity index (χ2n) is 4.63. The van der Waals surface area contributed by atoms with Gasteiger partial charge in [-0.2, -0.15) is 0 Å². The minimum atomic E-state index is -3.66. The van der Waals surface area contributed by atoms with Crippen LogP contribution in [0.5, 0.6) is 0 Å². The fraction of sp³-hybridized carbons (Fsp3) is 0.200. The van der Waals surface area contributed by atoms with Crippen molar-refractivity contribution in [1.82, 2.24) is 4.72 Å². The third-order valence-electron chi connectivity index (χ3n) is 3.15. The van der Waals surface area contributed by atoms with Gasteiger partial charge in [-0.25, -0.2) is 13.1 Å². The molecule has 0 fully saturated rings. The summed E-state index contributed by atoms with van der Waals surface area (Å²) in [5.74, 6) is 0. The summed E-state index contributed by atoms with van der Waals surface area (Å²) in [4.78, 5) is 0.00134. The molecule has 0 aromatic heterocycles. The molecule has 0 radical (unpaired) electrons. The van der Waals surface area contributed by atoms with Crippen molar-refractivity contribution in [2.75, 3.05) is 6.54 Å². The lowest BCUT2D eigenvalue weighted by atomic mass is 10.1. The molecule has 1 N–H and O–H groups in total. The average Bonchev–Trinajstić information content (AvgIpc) is 2.43. The molecule has 112 valence electrons. The van der Waals surface area contributed by atoms with Crippen molar-refractivity contribution >= 4 is 33.2 Å². The van der Waals surface area contributed by atoms with Gasteiger partial charge >= 0.3 is 0 Å². The molecule has 0 aliphatic carbocycles. The van der Waals surface area contributed by atoms with E-state index in [2.05, 4.69) is 4.72 Å². The van der Waals surface area contributed by atoms with Crippen LogP contribution < -0.4 is 4.72 Å². The summed E-state index contributed by atoms with van der Waals surface area (Å²) in [6, 6.07) is 12.4. The summed E-state index contributed by atoms with van der Waals surface area (Å²) >= 11 is 11.8. The zero-order valence-electron chi connectivity index (χ0n) is 11.4. The lowest BCUT2D eigenvalue weighted by Gasteiger charge is -2.10. The van der Waals surface area contributed by atoms with E-state index < -0.39 is 10.0 Å². The molecule has 0 saturated heterocycles. The smallest absolute Gasteiger partial charge is 0.211 e. The van der Waals surface area contributed by atoms with Crippen molar-refractivity contribution in [2.24, 2.45) is 0 Å². The van der Waals surface area contributed by atoms with Gasteiger partial charge < -0.3 is 0 Å². The fourth-order valence-corrected chi connectivity index (χ4v) is 3.77. The van der Waals surface area contributed by atoms with Crippen molar-refractivity contribution in [3.05, 3.63) is 63.6 Å². The fourth-order valence-electron chi connectivity index (χ4n) is 1.98. The summed E-state index contributed by atoms with van der Waals surface area (Å²) in [6.07, 6.45) is 0.615. The maximum atomic E-state index is 12.2. The molecular weight excluding hydrogens is 329 g/mol. The minimum absolute atomic E-state index is 0.00134. The van der Waals surface area contributed by atoms with Crippen LogP contribution in [0.25, 0.3) is 0 Å². The predicted octanol–water partition coefficient (Wildman–Crippen LogP) is 3.82. The Morgan fingerprint density at radius 2 is 1.76 bits per heavy atom. The van der Waals surface area contributed by atoms with E-state index in [1.165, 1.54) is 6.07 Å². The summed E-state index contributed by atoms with van der Waals surface area (Å²) in [6.45, 7) is 2.30. The molecule has 6 heteroatoms. The zero-order chi connectivity index (χ0) is 15.5. The first-order valence-corrected chi connectivity index (χ1v) is 8.64. The lowest BCUT2D eigenvalue weighted by molar-refractivity contribution is 0.581. The second-order valence-corrected chi connectivity index (χ2v) is 7.15. The molecule has 21 heavy (non-hydrogen) atoms. The van der Waals surface area contributed by atoms with Crippen LogP contribution in [0.3, 0.4) is 0 Å². The summed E-state index contributed by atoms with van der Waals surface area (Å²) in [5.41, 5.74) is 2.25. The van der Waals surface area contributed by atoms with Crippen LogP contribution in [0.1, 0.15) is 11.1 Å². The lowest BCUT2D eigenvalue weighted by Crippen LogP contribution is -2.26. The van der Waals surface area contributed by atoms with Crippen molar-refractivity contribution in [3.8, 4) is 0 Å². The van der Waals surface area contributed by atoms with Gasteiger partial charge in [0.25, 0.3) is 0 Å². The van der Waals surface area contributed by atoms with Gasteiger partial charge in [0.2, 0.25) is 10.0 Å². The van der Waals surface area contributed by atoms with Crippen LogP contribution in [-0.4, -0.2) is 15.0 Å². The van der Waals surface area contributed by atoms with E-state index in [4.69, 9.17) is 23.2 Å². The first-order chi connectivity index (χ1) is 9.92. The molecule has 0 amide bonds. The number of halogens is 2. The molecule has 0 atom stereocenters. The van der Waals surface area contributed by atoms with Gasteiger partial charge in [0.05, 0.1) is 10.0 Å². The quantitative estimate of drug-likeness (QED) is 0.896. The van der Waals surface area contributed by atoms with Gasteiger partial charge in [0.1, 0.15) is 4.90 Å². The Hall–Kier alpha value is -1.07. The normalized spacial score (nSPS) is 11.6. The molecular formula is C15H15Cl2NO2S. The highest BCUT2D eigenvalue weighted by atomic mass is 35.5. The number of nitrogens with one attached hydrogen (secondary N) is 1. The molecule has 3 nitrogen and oxygen atoms in total. The monoisotopic (exact) mass is 343 g/mol. The Morgan fingerprint density at radius 1 is 1.05 bits per heavy atom. The molecule has 2 rings (SSSR count). The molecule has 0 unspecified atom stereocenters. The van der Waals surface area contributed by atoms with Gasteiger partial charge in [-0.15, -0.1) is 0 Å². The van der Waals surface area contributed by atoms with Gasteiger partial charge in [-0.1, -0.05) is 53.5 Å². The second kappa shape index (κ2) is 6.79. The highest BCUT2D eigenvalue weighted by Crippen LogP contribution is 2.28. The standard InChI is InChI=1S/C15H15Cl2NO2S/c1-11-5-2-3-6-12(11)9-10-18-21(19,20)14-8-4-7-13(16)15(14)17/h2-8,18H,9-10H2,1H3. The van der Waals surface area contributed by atoms with Crippen LogP contribution in [-0.2, 0) is 16.4 Å². The van der Waals surface area contributed by atoms with Crippen LogP contribution in [0.2, 0.25) is 10.0 Å². The maximum Gasteiger partial charge on any atom is 0.242 e. The summed E-state index contributed by atoms with van der Waals surface area (Å²) in [5, 5.41) is 0.265. The van der Waals surface area contributed by atoms with Crippen molar-refractivity contribution in [2.45, 2.75) is 18.2 Å². The van der Waals surface area contributed by atoms with Crippen LogP contribution in [0.15, 0.2) is 47.4 Å². The predicted molar refractivity (Wildman–Crippen MR) is 86.5 cm³/mol. The molecule has 0 bridgehead atoms. The number of rotatable bonds is 5. The summed E-state index contributed by atoms with van der Waals surface area (Å²) < 4.78 is 27.0. The van der Waals surface area contributed by atoms with Crippen molar-refractivity contribution in [1.29, 1.82) is 0 Å². The Kier molecular flexibility index (Phi) is 5.27. The zero-order valence-corrected chi connectivity index (χ0v) is 13.8. The van der Waals surface area contributed by atoms with Gasteiger partial charge in [0, 0.05) is 6.54 Å². The van der Waals surface area contributed by atoms with Crippen molar-refractivity contribution < 1.29 is 8.42 Å². The van der Waals surface area contributed by atoms with E-state index in [0.29, 0.717) is 13.0 Å². The molecule has 0 aliphatic heterocycles. The number of hydrogen-bond donors (Lipinski definition) is 1. The third kappa shape index (κ3) is 3.98. The SMILES string of the molecule is Cc1ccccc1CCNS(=O)(=O)c1cccc(Cl)c1Cl. The molecule has 2 aromatic carbocycles. The largest absolute Gasteiger partial charge is 0.242 e. The maximum absolute atomic E-state index is 12.2. The van der Waals surface area contributed by atoms with E-state index in [-0.39, 0.29) is 14.9 Å². The van der Waals surface area contributed by atoms with Gasteiger partial charge in [-0.3, -0.25) is 0 Å².